The van der Waals surface area contributed by atoms with E-state index in [1.807, 2.05) is 23.9 Å². The molecule has 0 aromatic heterocycles. The minimum absolute atomic E-state index is 0.342. The summed E-state index contributed by atoms with van der Waals surface area (Å²) in [7, 11) is 0. The fourth-order valence-electron chi connectivity index (χ4n) is 2.12. The van der Waals surface area contributed by atoms with Gasteiger partial charge in [0.2, 0.25) is 6.79 Å². The lowest BCUT2D eigenvalue weighted by Gasteiger charge is -2.17. The van der Waals surface area contributed by atoms with E-state index in [0.717, 1.165) is 17.2 Å². The maximum absolute atomic E-state index is 5.36. The summed E-state index contributed by atoms with van der Waals surface area (Å²) in [5, 5.41) is 4.25. The third kappa shape index (κ3) is 1.82. The lowest BCUT2D eigenvalue weighted by Crippen LogP contribution is -2.24. The van der Waals surface area contributed by atoms with Crippen molar-refractivity contribution < 1.29 is 9.47 Å². The van der Waals surface area contributed by atoms with Gasteiger partial charge in [-0.15, -0.1) is 0 Å². The minimum atomic E-state index is 0.342. The average Bonchev–Trinajstić information content (AvgIpc) is 2.88. The van der Waals surface area contributed by atoms with Crippen molar-refractivity contribution in [2.24, 2.45) is 0 Å². The molecule has 2 unspecified atom stereocenters. The van der Waals surface area contributed by atoms with Crippen LogP contribution in [-0.2, 0) is 0 Å². The third-order valence-corrected chi connectivity index (χ3v) is 4.43. The third-order valence-electron chi connectivity index (χ3n) is 3.10. The zero-order chi connectivity index (χ0) is 11.0. The number of hydrogen-bond donors (Lipinski definition) is 1. The molecule has 1 N–H and O–H groups in total. The van der Waals surface area contributed by atoms with Crippen LogP contribution < -0.4 is 14.8 Å². The minimum Gasteiger partial charge on any atom is -0.454 e. The van der Waals surface area contributed by atoms with Crippen molar-refractivity contribution in [3.8, 4) is 11.5 Å². The van der Waals surface area contributed by atoms with Crippen LogP contribution in [0.1, 0.15) is 13.3 Å². The highest BCUT2D eigenvalue weighted by Gasteiger charge is 2.24. The molecule has 0 aliphatic carbocycles. The molecule has 3 nitrogen and oxygen atoms in total. The lowest BCUT2D eigenvalue weighted by molar-refractivity contribution is 0.174. The molecule has 0 bridgehead atoms. The molecule has 4 heteroatoms. The summed E-state index contributed by atoms with van der Waals surface area (Å²) in [6.45, 7) is 2.62. The molecular weight excluding hydrogens is 222 g/mol. The van der Waals surface area contributed by atoms with Gasteiger partial charge in [0.1, 0.15) is 0 Å². The Morgan fingerprint density at radius 3 is 3.00 bits per heavy atom. The molecule has 1 fully saturated rings. The smallest absolute Gasteiger partial charge is 0.231 e. The number of thioether (sulfide) groups is 1. The Morgan fingerprint density at radius 2 is 2.19 bits per heavy atom. The van der Waals surface area contributed by atoms with E-state index in [-0.39, 0.29) is 0 Å². The van der Waals surface area contributed by atoms with Crippen LogP contribution in [0.5, 0.6) is 11.5 Å². The van der Waals surface area contributed by atoms with E-state index in [0.29, 0.717) is 18.1 Å². The molecule has 0 saturated carbocycles. The predicted octanol–water partition coefficient (Wildman–Crippen LogP) is 2.72. The molecule has 3 rings (SSSR count). The lowest BCUT2D eigenvalue weighted by atomic mass is 10.1. The summed E-state index contributed by atoms with van der Waals surface area (Å²) in [4.78, 5) is 0. The first-order chi connectivity index (χ1) is 7.83. The van der Waals surface area contributed by atoms with Gasteiger partial charge in [-0.2, -0.15) is 11.8 Å². The molecule has 0 radical (unpaired) electrons. The van der Waals surface area contributed by atoms with Crippen molar-refractivity contribution in [2.45, 2.75) is 24.6 Å². The van der Waals surface area contributed by atoms with Crippen molar-refractivity contribution >= 4 is 17.4 Å². The van der Waals surface area contributed by atoms with E-state index >= 15 is 0 Å². The second-order valence-electron chi connectivity index (χ2n) is 4.18. The summed E-state index contributed by atoms with van der Waals surface area (Å²) < 4.78 is 10.7. The Balaban J connectivity index is 1.75. The molecule has 2 aliphatic heterocycles. The first-order valence-corrected chi connectivity index (χ1v) is 6.65. The van der Waals surface area contributed by atoms with Crippen molar-refractivity contribution in [1.82, 2.24) is 0 Å². The number of fused-ring (bicyclic) bond motifs is 1. The van der Waals surface area contributed by atoms with Crippen LogP contribution >= 0.6 is 11.8 Å². The predicted molar refractivity (Wildman–Crippen MR) is 66.5 cm³/mol. The summed E-state index contributed by atoms with van der Waals surface area (Å²) in [6, 6.07) is 6.63. The van der Waals surface area contributed by atoms with Gasteiger partial charge in [0.15, 0.2) is 11.5 Å². The molecule has 16 heavy (non-hydrogen) atoms. The zero-order valence-electron chi connectivity index (χ0n) is 9.23. The van der Waals surface area contributed by atoms with Crippen LogP contribution in [0.2, 0.25) is 0 Å². The van der Waals surface area contributed by atoms with Gasteiger partial charge in [0, 0.05) is 23.0 Å². The number of rotatable bonds is 2. The highest BCUT2D eigenvalue weighted by atomic mass is 32.2. The normalized spacial score (nSPS) is 27.1. The van der Waals surface area contributed by atoms with Crippen LogP contribution in [-0.4, -0.2) is 23.8 Å². The quantitative estimate of drug-likeness (QED) is 0.856. The molecular formula is C12H15NO2S. The molecule has 1 aromatic rings. The molecule has 2 heterocycles. The van der Waals surface area contributed by atoms with Gasteiger partial charge in [-0.3, -0.25) is 0 Å². The van der Waals surface area contributed by atoms with Gasteiger partial charge < -0.3 is 14.8 Å². The van der Waals surface area contributed by atoms with Crippen molar-refractivity contribution in [1.29, 1.82) is 0 Å². The largest absolute Gasteiger partial charge is 0.454 e. The monoisotopic (exact) mass is 237 g/mol. The van der Waals surface area contributed by atoms with Crippen LogP contribution in [0, 0.1) is 0 Å². The number of anilines is 1. The van der Waals surface area contributed by atoms with Crippen LogP contribution in [0.25, 0.3) is 0 Å². The van der Waals surface area contributed by atoms with Gasteiger partial charge in [0.25, 0.3) is 0 Å². The average molecular weight is 237 g/mol. The van der Waals surface area contributed by atoms with Gasteiger partial charge in [0.05, 0.1) is 0 Å². The molecule has 2 aliphatic rings. The summed E-state index contributed by atoms with van der Waals surface area (Å²) >= 11 is 2.03. The van der Waals surface area contributed by atoms with E-state index in [2.05, 4.69) is 18.3 Å². The van der Waals surface area contributed by atoms with E-state index in [1.165, 1.54) is 12.2 Å². The highest BCUT2D eigenvalue weighted by molar-refractivity contribution is 8.00. The van der Waals surface area contributed by atoms with Crippen molar-refractivity contribution in [3.05, 3.63) is 18.2 Å². The van der Waals surface area contributed by atoms with Crippen LogP contribution in [0.4, 0.5) is 5.69 Å². The fraction of sp³-hybridized carbons (Fsp3) is 0.500. The molecule has 86 valence electrons. The number of nitrogens with one attached hydrogen (secondary N) is 1. The maximum atomic E-state index is 5.36. The second kappa shape index (κ2) is 4.09. The first kappa shape index (κ1) is 10.1. The Labute approximate surface area is 99.5 Å². The standard InChI is InChI=1S/C12H15NO2S/c1-8-10(4-5-16-8)13-9-2-3-11-12(6-9)15-7-14-11/h2-3,6,8,10,13H,4-5,7H2,1H3. The Morgan fingerprint density at radius 1 is 1.31 bits per heavy atom. The number of ether oxygens (including phenoxy) is 2. The van der Waals surface area contributed by atoms with Gasteiger partial charge in [-0.25, -0.2) is 0 Å². The number of hydrogen-bond acceptors (Lipinski definition) is 4. The molecule has 0 amide bonds. The van der Waals surface area contributed by atoms with E-state index in [1.54, 1.807) is 0 Å². The van der Waals surface area contributed by atoms with Crippen molar-refractivity contribution in [3.63, 3.8) is 0 Å². The van der Waals surface area contributed by atoms with Gasteiger partial charge >= 0.3 is 0 Å². The van der Waals surface area contributed by atoms with Crippen LogP contribution in [0.3, 0.4) is 0 Å². The van der Waals surface area contributed by atoms with Gasteiger partial charge in [-0.05, 0) is 24.3 Å². The SMILES string of the molecule is CC1SCCC1Nc1ccc2c(c1)OCO2. The Kier molecular flexibility index (Phi) is 2.59. The fourth-order valence-corrected chi connectivity index (χ4v) is 3.32. The first-order valence-electron chi connectivity index (χ1n) is 5.61. The van der Waals surface area contributed by atoms with Crippen molar-refractivity contribution in [2.75, 3.05) is 17.9 Å². The Hall–Kier alpha value is -1.03. The van der Waals surface area contributed by atoms with E-state index < -0.39 is 0 Å². The topological polar surface area (TPSA) is 30.5 Å². The second-order valence-corrected chi connectivity index (χ2v) is 5.67. The molecule has 1 saturated heterocycles. The maximum Gasteiger partial charge on any atom is 0.231 e. The summed E-state index contributed by atoms with van der Waals surface area (Å²) in [5.74, 6) is 2.95. The summed E-state index contributed by atoms with van der Waals surface area (Å²) in [5.41, 5.74) is 1.13. The number of benzene rings is 1. The molecule has 0 spiro atoms. The highest BCUT2D eigenvalue weighted by Crippen LogP contribution is 2.36. The summed E-state index contributed by atoms with van der Waals surface area (Å²) in [6.07, 6.45) is 1.24. The van der Waals surface area contributed by atoms with E-state index in [4.69, 9.17) is 9.47 Å². The van der Waals surface area contributed by atoms with Crippen LogP contribution in [0.15, 0.2) is 18.2 Å². The zero-order valence-corrected chi connectivity index (χ0v) is 10.0. The van der Waals surface area contributed by atoms with E-state index in [9.17, 15) is 0 Å². The molecule has 2 atom stereocenters. The molecule has 1 aromatic carbocycles. The van der Waals surface area contributed by atoms with Gasteiger partial charge in [-0.1, -0.05) is 6.92 Å². The Bertz CT molecular complexity index is 397.